The highest BCUT2D eigenvalue weighted by Gasteiger charge is 2.16. The maximum Gasteiger partial charge on any atom is 0.0700 e. The van der Waals surface area contributed by atoms with Crippen molar-refractivity contribution in [3.05, 3.63) is 0 Å². The van der Waals surface area contributed by atoms with Gasteiger partial charge in [0.25, 0.3) is 0 Å². The van der Waals surface area contributed by atoms with E-state index in [0.717, 1.165) is 26.3 Å². The summed E-state index contributed by atoms with van der Waals surface area (Å²) in [5, 5.41) is 3.47. The molecule has 0 bridgehead atoms. The maximum atomic E-state index is 5.58. The molecule has 2 saturated heterocycles. The van der Waals surface area contributed by atoms with Gasteiger partial charge in [0.1, 0.15) is 0 Å². The zero-order valence-electron chi connectivity index (χ0n) is 9.54. The van der Waals surface area contributed by atoms with E-state index in [1.165, 1.54) is 38.5 Å². The summed E-state index contributed by atoms with van der Waals surface area (Å²) in [6.45, 7) is 4.08. The van der Waals surface area contributed by atoms with Crippen LogP contribution in [0.4, 0.5) is 0 Å². The van der Waals surface area contributed by atoms with Crippen molar-refractivity contribution in [1.82, 2.24) is 5.32 Å². The summed E-state index contributed by atoms with van der Waals surface area (Å²) in [4.78, 5) is 0. The molecular weight excluding hydrogens is 190 g/mol. The molecule has 2 aliphatic heterocycles. The lowest BCUT2D eigenvalue weighted by Gasteiger charge is -2.12. The van der Waals surface area contributed by atoms with Gasteiger partial charge in [-0.1, -0.05) is 0 Å². The van der Waals surface area contributed by atoms with Gasteiger partial charge in [0.05, 0.1) is 12.2 Å². The summed E-state index contributed by atoms with van der Waals surface area (Å²) in [5.74, 6) is 0. The van der Waals surface area contributed by atoms with E-state index in [0.29, 0.717) is 12.2 Å². The number of hydrogen-bond donors (Lipinski definition) is 1. The number of nitrogens with one attached hydrogen (secondary N) is 1. The molecule has 2 fully saturated rings. The van der Waals surface area contributed by atoms with Crippen LogP contribution in [0.25, 0.3) is 0 Å². The Morgan fingerprint density at radius 2 is 1.73 bits per heavy atom. The lowest BCUT2D eigenvalue weighted by molar-refractivity contribution is 0.0994. The van der Waals surface area contributed by atoms with Gasteiger partial charge >= 0.3 is 0 Å². The van der Waals surface area contributed by atoms with Crippen LogP contribution < -0.4 is 5.32 Å². The first-order chi connectivity index (χ1) is 7.45. The molecular formula is C12H23NO2. The zero-order valence-corrected chi connectivity index (χ0v) is 9.54. The van der Waals surface area contributed by atoms with Crippen LogP contribution in [0.5, 0.6) is 0 Å². The van der Waals surface area contributed by atoms with E-state index in [4.69, 9.17) is 9.47 Å². The summed E-state index contributed by atoms with van der Waals surface area (Å²) >= 11 is 0. The molecule has 0 aromatic rings. The fourth-order valence-electron chi connectivity index (χ4n) is 2.40. The van der Waals surface area contributed by atoms with E-state index in [1.807, 2.05) is 0 Å². The SMILES string of the molecule is C(CNCC1CCCO1)CC1CCCO1. The van der Waals surface area contributed by atoms with Crippen molar-refractivity contribution in [3.63, 3.8) is 0 Å². The normalized spacial score (nSPS) is 31.2. The molecule has 15 heavy (non-hydrogen) atoms. The summed E-state index contributed by atoms with van der Waals surface area (Å²) in [6.07, 6.45) is 8.48. The van der Waals surface area contributed by atoms with E-state index in [9.17, 15) is 0 Å². The second kappa shape index (κ2) is 6.46. The third-order valence-electron chi connectivity index (χ3n) is 3.30. The molecule has 0 radical (unpaired) electrons. The minimum atomic E-state index is 0.479. The molecule has 88 valence electrons. The third kappa shape index (κ3) is 4.09. The maximum absolute atomic E-state index is 5.58. The summed E-state index contributed by atoms with van der Waals surface area (Å²) in [7, 11) is 0. The van der Waals surface area contributed by atoms with Crippen molar-refractivity contribution >= 4 is 0 Å². The molecule has 2 aliphatic rings. The second-order valence-corrected chi connectivity index (χ2v) is 4.62. The molecule has 2 unspecified atom stereocenters. The highest BCUT2D eigenvalue weighted by Crippen LogP contribution is 2.16. The molecule has 0 aromatic heterocycles. The van der Waals surface area contributed by atoms with Crippen LogP contribution in [0, 0.1) is 0 Å². The van der Waals surface area contributed by atoms with Crippen LogP contribution in [0.1, 0.15) is 38.5 Å². The number of ether oxygens (including phenoxy) is 2. The number of rotatable bonds is 6. The largest absolute Gasteiger partial charge is 0.378 e. The highest BCUT2D eigenvalue weighted by molar-refractivity contribution is 4.69. The van der Waals surface area contributed by atoms with Gasteiger partial charge in [-0.15, -0.1) is 0 Å². The van der Waals surface area contributed by atoms with Crippen LogP contribution >= 0.6 is 0 Å². The standard InChI is InChI=1S/C12H23NO2/c1(4-11-5-2-8-14-11)7-13-10-12-6-3-9-15-12/h11-13H,1-10H2. The molecule has 0 aliphatic carbocycles. The van der Waals surface area contributed by atoms with Gasteiger partial charge < -0.3 is 14.8 Å². The average Bonchev–Trinajstić information content (AvgIpc) is 2.88. The van der Waals surface area contributed by atoms with Gasteiger partial charge in [0, 0.05) is 19.8 Å². The third-order valence-corrected chi connectivity index (χ3v) is 3.30. The van der Waals surface area contributed by atoms with Crippen molar-refractivity contribution in [2.45, 2.75) is 50.7 Å². The molecule has 0 amide bonds. The summed E-state index contributed by atoms with van der Waals surface area (Å²) in [5.41, 5.74) is 0. The Kier molecular flexibility index (Phi) is 4.90. The van der Waals surface area contributed by atoms with E-state index in [-0.39, 0.29) is 0 Å². The molecule has 1 N–H and O–H groups in total. The minimum absolute atomic E-state index is 0.479. The van der Waals surface area contributed by atoms with Crippen molar-refractivity contribution < 1.29 is 9.47 Å². The second-order valence-electron chi connectivity index (χ2n) is 4.62. The average molecular weight is 213 g/mol. The Labute approximate surface area is 92.5 Å². The van der Waals surface area contributed by atoms with Crippen LogP contribution in [0.3, 0.4) is 0 Å². The van der Waals surface area contributed by atoms with Crippen molar-refractivity contribution in [3.8, 4) is 0 Å². The molecule has 0 spiro atoms. The van der Waals surface area contributed by atoms with Crippen LogP contribution in [0.2, 0.25) is 0 Å². The fraction of sp³-hybridized carbons (Fsp3) is 1.00. The van der Waals surface area contributed by atoms with Crippen LogP contribution in [-0.2, 0) is 9.47 Å². The molecule has 2 atom stereocenters. The smallest absolute Gasteiger partial charge is 0.0700 e. The Morgan fingerprint density at radius 1 is 1.00 bits per heavy atom. The molecule has 2 rings (SSSR count). The number of hydrogen-bond acceptors (Lipinski definition) is 3. The lowest BCUT2D eigenvalue weighted by atomic mass is 10.1. The zero-order chi connectivity index (χ0) is 10.3. The van der Waals surface area contributed by atoms with Gasteiger partial charge in [0.2, 0.25) is 0 Å². The Hall–Kier alpha value is -0.120. The van der Waals surface area contributed by atoms with Crippen molar-refractivity contribution in [1.29, 1.82) is 0 Å². The van der Waals surface area contributed by atoms with Crippen molar-refractivity contribution in [2.75, 3.05) is 26.3 Å². The van der Waals surface area contributed by atoms with E-state index in [2.05, 4.69) is 5.32 Å². The van der Waals surface area contributed by atoms with Gasteiger partial charge in [-0.25, -0.2) is 0 Å². The first-order valence-electron chi connectivity index (χ1n) is 6.39. The van der Waals surface area contributed by atoms with Gasteiger partial charge in [-0.3, -0.25) is 0 Å². The minimum Gasteiger partial charge on any atom is -0.378 e. The Bertz CT molecular complexity index is 145. The van der Waals surface area contributed by atoms with Crippen LogP contribution in [-0.4, -0.2) is 38.5 Å². The Morgan fingerprint density at radius 3 is 2.40 bits per heavy atom. The molecule has 2 heterocycles. The van der Waals surface area contributed by atoms with Gasteiger partial charge in [0.15, 0.2) is 0 Å². The Balaban J connectivity index is 1.41. The predicted octanol–water partition coefficient (Wildman–Crippen LogP) is 1.71. The molecule has 3 heteroatoms. The predicted molar refractivity (Wildman–Crippen MR) is 60.1 cm³/mol. The first-order valence-corrected chi connectivity index (χ1v) is 6.39. The first kappa shape index (κ1) is 11.4. The molecule has 3 nitrogen and oxygen atoms in total. The van der Waals surface area contributed by atoms with E-state index < -0.39 is 0 Å². The topological polar surface area (TPSA) is 30.5 Å². The van der Waals surface area contributed by atoms with E-state index >= 15 is 0 Å². The van der Waals surface area contributed by atoms with Gasteiger partial charge in [-0.05, 0) is 45.1 Å². The lowest BCUT2D eigenvalue weighted by Crippen LogP contribution is -2.27. The van der Waals surface area contributed by atoms with E-state index in [1.54, 1.807) is 0 Å². The molecule has 0 saturated carbocycles. The quantitative estimate of drug-likeness (QED) is 0.681. The monoisotopic (exact) mass is 213 g/mol. The summed E-state index contributed by atoms with van der Waals surface area (Å²) in [6, 6.07) is 0. The van der Waals surface area contributed by atoms with Gasteiger partial charge in [-0.2, -0.15) is 0 Å². The van der Waals surface area contributed by atoms with Crippen molar-refractivity contribution in [2.24, 2.45) is 0 Å². The highest BCUT2D eigenvalue weighted by atomic mass is 16.5. The summed E-state index contributed by atoms with van der Waals surface area (Å²) < 4.78 is 11.1. The van der Waals surface area contributed by atoms with Crippen LogP contribution in [0.15, 0.2) is 0 Å². The molecule has 0 aromatic carbocycles. The fourth-order valence-corrected chi connectivity index (χ4v) is 2.40.